The van der Waals surface area contributed by atoms with Crippen molar-refractivity contribution in [2.45, 2.75) is 32.9 Å². The third-order valence-corrected chi connectivity index (χ3v) is 4.45. The van der Waals surface area contributed by atoms with E-state index in [9.17, 15) is 14.4 Å². The number of nitrogens with zero attached hydrogens (tertiary/aromatic N) is 3. The van der Waals surface area contributed by atoms with Gasteiger partial charge >= 0.3 is 5.69 Å². The van der Waals surface area contributed by atoms with E-state index in [1.807, 2.05) is 50.2 Å². The van der Waals surface area contributed by atoms with Crippen LogP contribution in [0.1, 0.15) is 36.3 Å². The van der Waals surface area contributed by atoms with Crippen LogP contribution in [0.25, 0.3) is 5.69 Å². The van der Waals surface area contributed by atoms with Gasteiger partial charge in [0.25, 0.3) is 11.5 Å². The molecule has 1 atom stereocenters. The number of para-hydroxylation sites is 1. The molecule has 7 nitrogen and oxygen atoms in total. The molecule has 0 aliphatic rings. The topological polar surface area (TPSA) is 86.0 Å². The molecule has 1 aromatic heterocycles. The number of hydrogen-bond donors (Lipinski definition) is 1. The van der Waals surface area contributed by atoms with E-state index in [4.69, 9.17) is 0 Å². The Morgan fingerprint density at radius 2 is 1.64 bits per heavy atom. The molecule has 2 aromatic carbocycles. The molecule has 0 fully saturated rings. The first-order chi connectivity index (χ1) is 13.5. The summed E-state index contributed by atoms with van der Waals surface area (Å²) in [6, 6.07) is 17.7. The van der Waals surface area contributed by atoms with Crippen LogP contribution in [0.2, 0.25) is 0 Å². The van der Waals surface area contributed by atoms with Gasteiger partial charge in [-0.15, -0.1) is 0 Å². The van der Waals surface area contributed by atoms with E-state index in [0.717, 1.165) is 14.8 Å². The van der Waals surface area contributed by atoms with Crippen LogP contribution in [-0.4, -0.2) is 26.3 Å². The smallest absolute Gasteiger partial charge is 0.348 e. The Balaban J connectivity index is 2.17. The molecule has 144 valence electrons. The summed E-state index contributed by atoms with van der Waals surface area (Å²) in [5.41, 5.74) is -0.352. The fraction of sp³-hybridized carbons (Fsp3) is 0.238. The minimum absolute atomic E-state index is 0.0530. The normalized spacial score (nSPS) is 11.8. The number of benzene rings is 2. The molecule has 0 saturated heterocycles. The number of carbonyl (C=O) groups excluding carboxylic acids is 1. The second kappa shape index (κ2) is 8.47. The number of hydrogen-bond acceptors (Lipinski definition) is 4. The van der Waals surface area contributed by atoms with Gasteiger partial charge in [0.2, 0.25) is 5.69 Å². The molecule has 1 heterocycles. The van der Waals surface area contributed by atoms with Gasteiger partial charge in [0, 0.05) is 6.04 Å². The van der Waals surface area contributed by atoms with Crippen LogP contribution in [0.15, 0.2) is 70.3 Å². The average molecular weight is 378 g/mol. The van der Waals surface area contributed by atoms with Gasteiger partial charge in [0.1, 0.15) is 0 Å². The van der Waals surface area contributed by atoms with Crippen LogP contribution in [0.3, 0.4) is 0 Å². The number of rotatable bonds is 6. The fourth-order valence-electron chi connectivity index (χ4n) is 2.69. The Morgan fingerprint density at radius 1 is 1.04 bits per heavy atom. The summed E-state index contributed by atoms with van der Waals surface area (Å²) in [7, 11) is 0. The Kier molecular flexibility index (Phi) is 5.84. The Hall–Kier alpha value is -3.48. The molecule has 3 rings (SSSR count). The lowest BCUT2D eigenvalue weighted by Gasteiger charge is -2.14. The second-order valence-corrected chi connectivity index (χ2v) is 6.54. The first-order valence-corrected chi connectivity index (χ1v) is 9.15. The molecule has 0 spiro atoms. The highest BCUT2D eigenvalue weighted by Gasteiger charge is 2.21. The standard InChI is InChI=1S/C21H22N4O3/c1-3-15(2)22-19(26)18-20(27)24(14-16-10-6-4-7-11-16)21(28)25(23-18)17-12-8-5-9-13-17/h4-13,15H,3,14H2,1-2H3,(H,22,26)/t15-/m0/s1. The SMILES string of the molecule is CC[C@H](C)NC(=O)c1nn(-c2ccccc2)c(=O)n(Cc2ccccc2)c1=O. The molecule has 0 unspecified atom stereocenters. The minimum Gasteiger partial charge on any atom is -0.348 e. The van der Waals surface area contributed by atoms with Gasteiger partial charge < -0.3 is 5.32 Å². The van der Waals surface area contributed by atoms with E-state index in [0.29, 0.717) is 12.1 Å². The van der Waals surface area contributed by atoms with Gasteiger partial charge in [0.15, 0.2) is 0 Å². The highest BCUT2D eigenvalue weighted by atomic mass is 16.2. The lowest BCUT2D eigenvalue weighted by Crippen LogP contribution is -2.47. The van der Waals surface area contributed by atoms with Crippen LogP contribution >= 0.6 is 0 Å². The number of aromatic nitrogens is 3. The molecule has 0 radical (unpaired) electrons. The highest BCUT2D eigenvalue weighted by Crippen LogP contribution is 2.04. The fourth-order valence-corrected chi connectivity index (χ4v) is 2.69. The van der Waals surface area contributed by atoms with Gasteiger partial charge in [-0.25, -0.2) is 4.79 Å². The van der Waals surface area contributed by atoms with Crippen molar-refractivity contribution in [2.24, 2.45) is 0 Å². The van der Waals surface area contributed by atoms with Crippen molar-refractivity contribution in [1.29, 1.82) is 0 Å². The maximum Gasteiger partial charge on any atom is 0.352 e. The van der Waals surface area contributed by atoms with Gasteiger partial charge in [-0.1, -0.05) is 55.5 Å². The van der Waals surface area contributed by atoms with Crippen LogP contribution in [-0.2, 0) is 6.54 Å². The predicted octanol–water partition coefficient (Wildman–Crippen LogP) is 1.97. The molecule has 28 heavy (non-hydrogen) atoms. The predicted molar refractivity (Wildman–Crippen MR) is 107 cm³/mol. The van der Waals surface area contributed by atoms with E-state index in [1.54, 1.807) is 24.3 Å². The summed E-state index contributed by atoms with van der Waals surface area (Å²) in [4.78, 5) is 38.5. The lowest BCUT2D eigenvalue weighted by molar-refractivity contribution is 0.0929. The molecule has 0 aliphatic heterocycles. The maximum atomic E-state index is 13.0. The summed E-state index contributed by atoms with van der Waals surface area (Å²) in [5.74, 6) is -0.592. The summed E-state index contributed by atoms with van der Waals surface area (Å²) >= 11 is 0. The van der Waals surface area contributed by atoms with E-state index < -0.39 is 17.2 Å². The van der Waals surface area contributed by atoms with Crippen molar-refractivity contribution in [3.05, 3.63) is 92.8 Å². The molecule has 3 aromatic rings. The average Bonchev–Trinajstić information content (AvgIpc) is 2.72. The van der Waals surface area contributed by atoms with Gasteiger partial charge in [-0.3, -0.25) is 14.2 Å². The van der Waals surface area contributed by atoms with Crippen LogP contribution in [0.5, 0.6) is 0 Å². The van der Waals surface area contributed by atoms with E-state index in [1.165, 1.54) is 0 Å². The lowest BCUT2D eigenvalue weighted by atomic mass is 10.2. The van der Waals surface area contributed by atoms with Crippen molar-refractivity contribution in [2.75, 3.05) is 0 Å². The largest absolute Gasteiger partial charge is 0.352 e. The van der Waals surface area contributed by atoms with Gasteiger partial charge in [-0.05, 0) is 31.0 Å². The minimum atomic E-state index is -0.707. The molecule has 1 amide bonds. The second-order valence-electron chi connectivity index (χ2n) is 6.54. The maximum absolute atomic E-state index is 13.0. The zero-order valence-corrected chi connectivity index (χ0v) is 15.8. The zero-order chi connectivity index (χ0) is 20.1. The summed E-state index contributed by atoms with van der Waals surface area (Å²) in [5, 5.41) is 6.84. The van der Waals surface area contributed by atoms with E-state index in [2.05, 4.69) is 10.4 Å². The number of nitrogens with one attached hydrogen (secondary N) is 1. The first kappa shape index (κ1) is 19.3. The highest BCUT2D eigenvalue weighted by molar-refractivity contribution is 5.91. The third-order valence-electron chi connectivity index (χ3n) is 4.45. The van der Waals surface area contributed by atoms with Crippen molar-refractivity contribution in [3.63, 3.8) is 0 Å². The summed E-state index contributed by atoms with van der Waals surface area (Å²) < 4.78 is 2.14. The molecule has 0 aliphatic carbocycles. The quantitative estimate of drug-likeness (QED) is 0.711. The number of amides is 1. The summed E-state index contributed by atoms with van der Waals surface area (Å²) in [6.45, 7) is 3.82. The van der Waals surface area contributed by atoms with Crippen LogP contribution < -0.4 is 16.6 Å². The summed E-state index contributed by atoms with van der Waals surface area (Å²) in [6.07, 6.45) is 0.711. The molecule has 0 saturated carbocycles. The third kappa shape index (κ3) is 4.09. The Labute approximate surface area is 162 Å². The van der Waals surface area contributed by atoms with E-state index >= 15 is 0 Å². The van der Waals surface area contributed by atoms with Gasteiger partial charge in [0.05, 0.1) is 12.2 Å². The monoisotopic (exact) mass is 378 g/mol. The molecule has 0 bridgehead atoms. The van der Waals surface area contributed by atoms with Crippen molar-refractivity contribution < 1.29 is 4.79 Å². The van der Waals surface area contributed by atoms with Crippen molar-refractivity contribution in [3.8, 4) is 5.69 Å². The first-order valence-electron chi connectivity index (χ1n) is 9.15. The zero-order valence-electron chi connectivity index (χ0n) is 15.8. The van der Waals surface area contributed by atoms with Crippen LogP contribution in [0, 0.1) is 0 Å². The van der Waals surface area contributed by atoms with E-state index in [-0.39, 0.29) is 18.3 Å². The van der Waals surface area contributed by atoms with Gasteiger partial charge in [-0.2, -0.15) is 9.78 Å². The molecular weight excluding hydrogens is 356 g/mol. The van der Waals surface area contributed by atoms with Crippen molar-refractivity contribution in [1.82, 2.24) is 19.7 Å². The molecular formula is C21H22N4O3. The Bertz CT molecular complexity index is 1070. The van der Waals surface area contributed by atoms with Crippen LogP contribution in [0.4, 0.5) is 0 Å². The molecule has 7 heteroatoms. The Morgan fingerprint density at radius 3 is 2.25 bits per heavy atom. The van der Waals surface area contributed by atoms with Crippen molar-refractivity contribution >= 4 is 5.91 Å². The number of carbonyl (C=O) groups is 1. The molecule has 1 N–H and O–H groups in total.